The largest absolute Gasteiger partial charge is 0.484 e. The van der Waals surface area contributed by atoms with Gasteiger partial charge in [-0.15, -0.1) is 0 Å². The SMILES string of the molecule is O=Cc1ccc(OCC(=O)Nc2ccccc2)cc1. The van der Waals surface area contributed by atoms with Gasteiger partial charge in [-0.25, -0.2) is 0 Å². The lowest BCUT2D eigenvalue weighted by atomic mass is 10.2. The van der Waals surface area contributed by atoms with E-state index in [0.717, 1.165) is 12.0 Å². The minimum atomic E-state index is -0.231. The molecule has 0 aromatic heterocycles. The van der Waals surface area contributed by atoms with Gasteiger partial charge in [-0.2, -0.15) is 0 Å². The minimum Gasteiger partial charge on any atom is -0.484 e. The van der Waals surface area contributed by atoms with Gasteiger partial charge in [0, 0.05) is 11.3 Å². The van der Waals surface area contributed by atoms with E-state index in [0.29, 0.717) is 11.3 Å². The Kier molecular flexibility index (Phi) is 4.29. The molecule has 0 bridgehead atoms. The van der Waals surface area contributed by atoms with Crippen molar-refractivity contribution in [3.63, 3.8) is 0 Å². The Morgan fingerprint density at radius 3 is 2.37 bits per heavy atom. The highest BCUT2D eigenvalue weighted by atomic mass is 16.5. The number of carbonyl (C=O) groups excluding carboxylic acids is 2. The molecule has 1 N–H and O–H groups in total. The maximum Gasteiger partial charge on any atom is 0.262 e. The Morgan fingerprint density at radius 1 is 1.05 bits per heavy atom. The van der Waals surface area contributed by atoms with Crippen LogP contribution in [0.5, 0.6) is 5.75 Å². The Balaban J connectivity index is 1.84. The van der Waals surface area contributed by atoms with Crippen LogP contribution in [0.25, 0.3) is 0 Å². The van der Waals surface area contributed by atoms with E-state index in [9.17, 15) is 9.59 Å². The number of ether oxygens (including phenoxy) is 1. The van der Waals surface area contributed by atoms with Gasteiger partial charge in [0.2, 0.25) is 0 Å². The van der Waals surface area contributed by atoms with Gasteiger partial charge in [0.15, 0.2) is 6.61 Å². The Morgan fingerprint density at radius 2 is 1.74 bits per heavy atom. The van der Waals surface area contributed by atoms with Crippen molar-refractivity contribution in [2.45, 2.75) is 0 Å². The van der Waals surface area contributed by atoms with E-state index < -0.39 is 0 Å². The van der Waals surface area contributed by atoms with Crippen molar-refractivity contribution in [1.29, 1.82) is 0 Å². The van der Waals surface area contributed by atoms with Gasteiger partial charge >= 0.3 is 0 Å². The molecule has 4 heteroatoms. The minimum absolute atomic E-state index is 0.0741. The molecule has 0 saturated heterocycles. The second-order valence-electron chi connectivity index (χ2n) is 3.89. The third kappa shape index (κ3) is 3.96. The molecule has 4 nitrogen and oxygen atoms in total. The molecule has 0 aliphatic heterocycles. The average Bonchev–Trinajstić information content (AvgIpc) is 2.47. The van der Waals surface area contributed by atoms with Crippen LogP contribution in [-0.2, 0) is 4.79 Å². The third-order valence-corrected chi connectivity index (χ3v) is 2.44. The van der Waals surface area contributed by atoms with Gasteiger partial charge in [-0.3, -0.25) is 9.59 Å². The average molecular weight is 255 g/mol. The van der Waals surface area contributed by atoms with E-state index in [1.54, 1.807) is 36.4 Å². The summed E-state index contributed by atoms with van der Waals surface area (Å²) in [6.07, 6.45) is 0.756. The summed E-state index contributed by atoms with van der Waals surface area (Å²) < 4.78 is 5.31. The molecule has 0 fully saturated rings. The molecule has 0 heterocycles. The van der Waals surface area contributed by atoms with Crippen molar-refractivity contribution in [3.05, 3.63) is 60.2 Å². The molecule has 0 aliphatic carbocycles. The van der Waals surface area contributed by atoms with Crippen LogP contribution in [0, 0.1) is 0 Å². The number of anilines is 1. The Hall–Kier alpha value is -2.62. The fourth-order valence-electron chi connectivity index (χ4n) is 1.51. The number of amides is 1. The van der Waals surface area contributed by atoms with Crippen LogP contribution in [-0.4, -0.2) is 18.8 Å². The highest BCUT2D eigenvalue weighted by Gasteiger charge is 2.03. The van der Waals surface area contributed by atoms with Crippen LogP contribution in [0.2, 0.25) is 0 Å². The molecule has 19 heavy (non-hydrogen) atoms. The van der Waals surface area contributed by atoms with E-state index >= 15 is 0 Å². The molecule has 0 saturated carbocycles. The topological polar surface area (TPSA) is 55.4 Å². The second-order valence-corrected chi connectivity index (χ2v) is 3.89. The number of rotatable bonds is 5. The summed E-state index contributed by atoms with van der Waals surface area (Å²) in [5, 5.41) is 2.71. The maximum atomic E-state index is 11.6. The molecule has 0 unspecified atom stereocenters. The maximum absolute atomic E-state index is 11.6. The van der Waals surface area contributed by atoms with Crippen molar-refractivity contribution in [3.8, 4) is 5.75 Å². The number of aldehydes is 1. The Labute approximate surface area is 111 Å². The van der Waals surface area contributed by atoms with Crippen LogP contribution in [0.3, 0.4) is 0 Å². The molecule has 2 aromatic carbocycles. The first-order valence-electron chi connectivity index (χ1n) is 5.81. The van der Waals surface area contributed by atoms with Crippen LogP contribution < -0.4 is 10.1 Å². The van der Waals surface area contributed by atoms with Crippen LogP contribution in [0.4, 0.5) is 5.69 Å². The molecule has 2 rings (SSSR count). The summed E-state index contributed by atoms with van der Waals surface area (Å²) in [4.78, 5) is 22.1. The molecule has 96 valence electrons. The van der Waals surface area contributed by atoms with Crippen LogP contribution in [0.15, 0.2) is 54.6 Å². The van der Waals surface area contributed by atoms with Crippen molar-refractivity contribution in [2.24, 2.45) is 0 Å². The first-order chi connectivity index (χ1) is 9.28. The lowest BCUT2D eigenvalue weighted by Gasteiger charge is -2.07. The summed E-state index contributed by atoms with van der Waals surface area (Å²) in [7, 11) is 0. The van der Waals surface area contributed by atoms with E-state index in [2.05, 4.69) is 5.32 Å². The van der Waals surface area contributed by atoms with Crippen molar-refractivity contribution < 1.29 is 14.3 Å². The van der Waals surface area contributed by atoms with Crippen LogP contribution in [0.1, 0.15) is 10.4 Å². The van der Waals surface area contributed by atoms with Crippen molar-refractivity contribution in [1.82, 2.24) is 0 Å². The summed E-state index contributed by atoms with van der Waals surface area (Å²) in [5.74, 6) is 0.319. The van der Waals surface area contributed by atoms with Gasteiger partial charge in [-0.1, -0.05) is 18.2 Å². The summed E-state index contributed by atoms with van der Waals surface area (Å²) in [6.45, 7) is -0.0741. The lowest BCUT2D eigenvalue weighted by molar-refractivity contribution is -0.118. The number of nitrogens with one attached hydrogen (secondary N) is 1. The fourth-order valence-corrected chi connectivity index (χ4v) is 1.51. The predicted molar refractivity (Wildman–Crippen MR) is 72.4 cm³/mol. The van der Waals surface area contributed by atoms with E-state index in [-0.39, 0.29) is 12.5 Å². The van der Waals surface area contributed by atoms with Gasteiger partial charge in [0.1, 0.15) is 12.0 Å². The van der Waals surface area contributed by atoms with Crippen molar-refractivity contribution >= 4 is 17.9 Å². The summed E-state index contributed by atoms with van der Waals surface area (Å²) in [6, 6.07) is 15.7. The van der Waals surface area contributed by atoms with Crippen molar-refractivity contribution in [2.75, 3.05) is 11.9 Å². The van der Waals surface area contributed by atoms with Crippen LogP contribution >= 0.6 is 0 Å². The summed E-state index contributed by atoms with van der Waals surface area (Å²) >= 11 is 0. The zero-order chi connectivity index (χ0) is 13.5. The Bertz CT molecular complexity index is 549. The van der Waals surface area contributed by atoms with Gasteiger partial charge in [0.25, 0.3) is 5.91 Å². The molecule has 0 atom stereocenters. The quantitative estimate of drug-likeness (QED) is 0.835. The molecule has 0 spiro atoms. The van der Waals surface area contributed by atoms with E-state index in [4.69, 9.17) is 4.74 Å². The third-order valence-electron chi connectivity index (χ3n) is 2.44. The zero-order valence-corrected chi connectivity index (χ0v) is 10.2. The molecule has 1 amide bonds. The molecule has 0 radical (unpaired) electrons. The number of hydrogen-bond acceptors (Lipinski definition) is 3. The number of benzene rings is 2. The first kappa shape index (κ1) is 12.8. The van der Waals surface area contributed by atoms with Gasteiger partial charge in [-0.05, 0) is 36.4 Å². The predicted octanol–water partition coefficient (Wildman–Crippen LogP) is 2.52. The standard InChI is InChI=1S/C15H13NO3/c17-10-12-6-8-14(9-7-12)19-11-15(18)16-13-4-2-1-3-5-13/h1-10H,11H2,(H,16,18). The first-order valence-corrected chi connectivity index (χ1v) is 5.81. The lowest BCUT2D eigenvalue weighted by Crippen LogP contribution is -2.20. The summed E-state index contributed by atoms with van der Waals surface area (Å²) in [5.41, 5.74) is 1.30. The second kappa shape index (κ2) is 6.35. The number of carbonyl (C=O) groups is 2. The monoisotopic (exact) mass is 255 g/mol. The molecular weight excluding hydrogens is 242 g/mol. The van der Waals surface area contributed by atoms with E-state index in [1.165, 1.54) is 0 Å². The smallest absolute Gasteiger partial charge is 0.262 e. The normalized spacial score (nSPS) is 9.68. The highest BCUT2D eigenvalue weighted by molar-refractivity contribution is 5.91. The molecular formula is C15H13NO3. The number of para-hydroxylation sites is 1. The number of hydrogen-bond donors (Lipinski definition) is 1. The van der Waals surface area contributed by atoms with Gasteiger partial charge < -0.3 is 10.1 Å². The van der Waals surface area contributed by atoms with E-state index in [1.807, 2.05) is 18.2 Å². The van der Waals surface area contributed by atoms with Gasteiger partial charge in [0.05, 0.1) is 0 Å². The molecule has 2 aromatic rings. The fraction of sp³-hybridized carbons (Fsp3) is 0.0667. The molecule has 0 aliphatic rings. The zero-order valence-electron chi connectivity index (χ0n) is 10.2. The highest BCUT2D eigenvalue weighted by Crippen LogP contribution is 2.11.